The minimum absolute atomic E-state index is 0.125. The summed E-state index contributed by atoms with van der Waals surface area (Å²) in [5.41, 5.74) is 2.48. The summed E-state index contributed by atoms with van der Waals surface area (Å²) < 4.78 is 5.48. The molecule has 0 aromatic heterocycles. The number of fused-ring (bicyclic) bond motifs is 5. The van der Waals surface area contributed by atoms with E-state index in [1.807, 2.05) is 38.1 Å². The van der Waals surface area contributed by atoms with Gasteiger partial charge in [-0.3, -0.25) is 19.3 Å². The molecule has 2 aliphatic rings. The van der Waals surface area contributed by atoms with Crippen LogP contribution in [-0.2, 0) is 9.53 Å². The third-order valence-electron chi connectivity index (χ3n) is 5.56. The maximum atomic E-state index is 13.3. The molecule has 0 spiro atoms. The highest BCUT2D eigenvalue weighted by Gasteiger charge is 2.47. The standard InChI is InChI=1S/C24H27N3O4/c1-16(2)31-15-7-13-25-21(28)12-14-26-22-17-8-3-4-9-18(17)24(30)27(22)20-11-6-5-10-19(20)23(26)29/h3-6,8-11,16,22H,7,12-15H2,1-2H3,(H,25,28). The average Bonchev–Trinajstić information content (AvgIpc) is 3.06. The molecule has 3 amide bonds. The summed E-state index contributed by atoms with van der Waals surface area (Å²) in [5, 5.41) is 2.88. The van der Waals surface area contributed by atoms with Crippen LogP contribution in [0, 0.1) is 0 Å². The van der Waals surface area contributed by atoms with Crippen LogP contribution in [0.4, 0.5) is 5.69 Å². The molecule has 4 rings (SSSR count). The molecule has 0 saturated carbocycles. The highest BCUT2D eigenvalue weighted by Crippen LogP contribution is 2.45. The fourth-order valence-corrected chi connectivity index (χ4v) is 4.13. The Bertz CT molecular complexity index is 1000. The number of benzene rings is 2. The largest absolute Gasteiger partial charge is 0.379 e. The van der Waals surface area contributed by atoms with Gasteiger partial charge in [-0.05, 0) is 38.5 Å². The van der Waals surface area contributed by atoms with E-state index in [4.69, 9.17) is 4.74 Å². The number of hydrogen-bond acceptors (Lipinski definition) is 4. The zero-order chi connectivity index (χ0) is 22.0. The maximum absolute atomic E-state index is 13.3. The Hall–Kier alpha value is -3.19. The molecule has 7 nitrogen and oxygen atoms in total. The van der Waals surface area contributed by atoms with E-state index in [0.717, 1.165) is 12.0 Å². The molecule has 7 heteroatoms. The lowest BCUT2D eigenvalue weighted by Crippen LogP contribution is -2.49. The van der Waals surface area contributed by atoms with E-state index in [0.29, 0.717) is 30.0 Å². The Morgan fingerprint density at radius 3 is 2.52 bits per heavy atom. The fourth-order valence-electron chi connectivity index (χ4n) is 4.13. The van der Waals surface area contributed by atoms with Crippen molar-refractivity contribution in [2.75, 3.05) is 24.6 Å². The van der Waals surface area contributed by atoms with Gasteiger partial charge in [-0.15, -0.1) is 0 Å². The van der Waals surface area contributed by atoms with Crippen molar-refractivity contribution in [3.63, 3.8) is 0 Å². The number of amides is 3. The second-order valence-electron chi connectivity index (χ2n) is 8.02. The van der Waals surface area contributed by atoms with E-state index in [-0.39, 0.29) is 36.8 Å². The topological polar surface area (TPSA) is 79.0 Å². The van der Waals surface area contributed by atoms with Crippen LogP contribution >= 0.6 is 0 Å². The predicted molar refractivity (Wildman–Crippen MR) is 117 cm³/mol. The van der Waals surface area contributed by atoms with Gasteiger partial charge in [-0.25, -0.2) is 0 Å². The summed E-state index contributed by atoms with van der Waals surface area (Å²) in [5.74, 6) is -0.417. The lowest BCUT2D eigenvalue weighted by molar-refractivity contribution is -0.121. The van der Waals surface area contributed by atoms with Crippen molar-refractivity contribution in [1.29, 1.82) is 0 Å². The Balaban J connectivity index is 1.49. The smallest absolute Gasteiger partial charge is 0.260 e. The molecule has 0 radical (unpaired) electrons. The molecule has 1 N–H and O–H groups in total. The lowest BCUT2D eigenvalue weighted by atomic mass is 10.0. The highest BCUT2D eigenvalue weighted by molar-refractivity contribution is 6.16. The van der Waals surface area contributed by atoms with Gasteiger partial charge >= 0.3 is 0 Å². The van der Waals surface area contributed by atoms with Crippen molar-refractivity contribution in [3.8, 4) is 0 Å². The molecule has 0 saturated heterocycles. The van der Waals surface area contributed by atoms with Crippen LogP contribution in [0.5, 0.6) is 0 Å². The van der Waals surface area contributed by atoms with E-state index in [1.165, 1.54) is 0 Å². The zero-order valence-corrected chi connectivity index (χ0v) is 17.8. The van der Waals surface area contributed by atoms with Gasteiger partial charge in [0.1, 0.15) is 6.17 Å². The average molecular weight is 421 g/mol. The molecule has 162 valence electrons. The van der Waals surface area contributed by atoms with Crippen LogP contribution in [0.2, 0.25) is 0 Å². The van der Waals surface area contributed by atoms with Crippen molar-refractivity contribution in [2.45, 2.75) is 39.0 Å². The first-order chi connectivity index (χ1) is 15.0. The first-order valence-electron chi connectivity index (χ1n) is 10.7. The molecule has 2 aliphatic heterocycles. The summed E-state index contributed by atoms with van der Waals surface area (Å²) >= 11 is 0. The van der Waals surface area contributed by atoms with Crippen molar-refractivity contribution >= 4 is 23.4 Å². The van der Waals surface area contributed by atoms with Crippen LogP contribution in [-0.4, -0.2) is 48.4 Å². The second kappa shape index (κ2) is 8.89. The van der Waals surface area contributed by atoms with Gasteiger partial charge < -0.3 is 15.0 Å². The molecule has 2 aromatic carbocycles. The highest BCUT2D eigenvalue weighted by atomic mass is 16.5. The predicted octanol–water partition coefficient (Wildman–Crippen LogP) is 3.12. The molecule has 0 fully saturated rings. The van der Waals surface area contributed by atoms with Crippen molar-refractivity contribution in [2.24, 2.45) is 0 Å². The number of nitrogens with one attached hydrogen (secondary N) is 1. The third kappa shape index (κ3) is 4.05. The summed E-state index contributed by atoms with van der Waals surface area (Å²) in [6.45, 7) is 5.29. The SMILES string of the molecule is CC(C)OCCCNC(=O)CCN1C(=O)c2ccccc2N2C(=O)c3ccccc3C12. The first-order valence-corrected chi connectivity index (χ1v) is 10.7. The quantitative estimate of drug-likeness (QED) is 0.665. The van der Waals surface area contributed by atoms with Crippen molar-refractivity contribution in [3.05, 3.63) is 65.2 Å². The minimum atomic E-state index is -0.529. The van der Waals surface area contributed by atoms with Crippen LogP contribution in [0.1, 0.15) is 59.1 Å². The van der Waals surface area contributed by atoms with E-state index in [1.54, 1.807) is 34.1 Å². The Kier molecular flexibility index (Phi) is 6.04. The minimum Gasteiger partial charge on any atom is -0.379 e. The number of para-hydroxylation sites is 1. The number of carbonyl (C=O) groups excluding carboxylic acids is 3. The number of nitrogens with zero attached hydrogens (tertiary/aromatic N) is 2. The Labute approximate surface area is 182 Å². The summed E-state index contributed by atoms with van der Waals surface area (Å²) in [4.78, 5) is 42.1. The van der Waals surface area contributed by atoms with Gasteiger partial charge in [-0.2, -0.15) is 0 Å². The van der Waals surface area contributed by atoms with Crippen LogP contribution in [0.25, 0.3) is 0 Å². The third-order valence-corrected chi connectivity index (χ3v) is 5.56. The fraction of sp³-hybridized carbons (Fsp3) is 0.375. The molecule has 0 aliphatic carbocycles. The van der Waals surface area contributed by atoms with E-state index in [2.05, 4.69) is 5.32 Å². The van der Waals surface area contributed by atoms with Gasteiger partial charge in [-0.1, -0.05) is 30.3 Å². The lowest BCUT2D eigenvalue weighted by Gasteiger charge is -2.40. The molecule has 2 heterocycles. The van der Waals surface area contributed by atoms with Crippen molar-refractivity contribution < 1.29 is 19.1 Å². The van der Waals surface area contributed by atoms with Crippen LogP contribution in [0.15, 0.2) is 48.5 Å². The molecular weight excluding hydrogens is 394 g/mol. The monoisotopic (exact) mass is 421 g/mol. The molecule has 31 heavy (non-hydrogen) atoms. The number of carbonyl (C=O) groups is 3. The summed E-state index contributed by atoms with van der Waals surface area (Å²) in [6.07, 6.45) is 0.541. The van der Waals surface area contributed by atoms with Gasteiger partial charge in [0, 0.05) is 37.2 Å². The van der Waals surface area contributed by atoms with Gasteiger partial charge in [0.05, 0.1) is 17.4 Å². The van der Waals surface area contributed by atoms with E-state index in [9.17, 15) is 14.4 Å². The summed E-state index contributed by atoms with van der Waals surface area (Å²) in [7, 11) is 0. The van der Waals surface area contributed by atoms with Crippen molar-refractivity contribution in [1.82, 2.24) is 10.2 Å². The number of hydrogen-bond donors (Lipinski definition) is 1. The maximum Gasteiger partial charge on any atom is 0.260 e. The molecule has 2 aromatic rings. The van der Waals surface area contributed by atoms with Gasteiger partial charge in [0.15, 0.2) is 0 Å². The van der Waals surface area contributed by atoms with E-state index >= 15 is 0 Å². The van der Waals surface area contributed by atoms with Gasteiger partial charge in [0.2, 0.25) is 5.91 Å². The Morgan fingerprint density at radius 2 is 1.74 bits per heavy atom. The van der Waals surface area contributed by atoms with Crippen LogP contribution < -0.4 is 10.2 Å². The summed E-state index contributed by atoms with van der Waals surface area (Å²) in [6, 6.07) is 14.5. The molecular formula is C24H27N3O4. The molecule has 1 atom stereocenters. The molecule has 1 unspecified atom stereocenters. The Morgan fingerprint density at radius 1 is 1.03 bits per heavy atom. The van der Waals surface area contributed by atoms with Gasteiger partial charge in [0.25, 0.3) is 11.8 Å². The van der Waals surface area contributed by atoms with E-state index < -0.39 is 6.17 Å². The first kappa shape index (κ1) is 21.1. The number of anilines is 1. The zero-order valence-electron chi connectivity index (χ0n) is 17.8. The normalized spacial score (nSPS) is 16.9. The second-order valence-corrected chi connectivity index (χ2v) is 8.02. The van der Waals surface area contributed by atoms with Crippen LogP contribution in [0.3, 0.4) is 0 Å². The molecule has 0 bridgehead atoms. The number of rotatable bonds is 8. The number of ether oxygens (including phenoxy) is 1.